The molecule has 9 nitrogen and oxygen atoms in total. The van der Waals surface area contributed by atoms with Crippen LogP contribution in [0.3, 0.4) is 0 Å². The highest BCUT2D eigenvalue weighted by molar-refractivity contribution is 5.80. The molecule has 0 radical (unpaired) electrons. The lowest BCUT2D eigenvalue weighted by molar-refractivity contribution is -0.161. The molecule has 230 valence electrons. The number of aromatic nitrogens is 6. The minimum Gasteiger partial charge on any atom is -0.465 e. The molecule has 44 heavy (non-hydrogen) atoms. The van der Waals surface area contributed by atoms with Crippen LogP contribution >= 0.6 is 0 Å². The van der Waals surface area contributed by atoms with Crippen LogP contribution in [0.1, 0.15) is 88.6 Å². The minimum absolute atomic E-state index is 0.0474. The van der Waals surface area contributed by atoms with E-state index in [1.165, 1.54) is 0 Å². The Morgan fingerprint density at radius 1 is 1.05 bits per heavy atom. The molecule has 1 fully saturated rings. The third kappa shape index (κ3) is 5.33. The number of fused-ring (bicyclic) bond motifs is 1. The summed E-state index contributed by atoms with van der Waals surface area (Å²) in [5, 5.41) is 14.6. The number of esters is 1. The predicted molar refractivity (Wildman–Crippen MR) is 170 cm³/mol. The molecule has 2 aromatic heterocycles. The number of nitrogens with one attached hydrogen (secondary N) is 1. The van der Waals surface area contributed by atoms with Crippen LogP contribution < -0.4 is 5.56 Å². The summed E-state index contributed by atoms with van der Waals surface area (Å²) in [5.41, 5.74) is 6.48. The highest BCUT2D eigenvalue weighted by Crippen LogP contribution is 2.50. The molecule has 1 N–H and O–H groups in total. The van der Waals surface area contributed by atoms with E-state index < -0.39 is 5.41 Å². The summed E-state index contributed by atoms with van der Waals surface area (Å²) >= 11 is 0. The van der Waals surface area contributed by atoms with Gasteiger partial charge in [0, 0.05) is 23.2 Å². The van der Waals surface area contributed by atoms with Crippen LogP contribution in [-0.4, -0.2) is 42.6 Å². The number of allylic oxidation sites excluding steroid dienone is 2. The number of nitrogens with zero attached hydrogens (tertiary/aromatic N) is 5. The molecule has 3 heterocycles. The first-order chi connectivity index (χ1) is 21.5. The molecular formula is C35H42N6O3. The number of unbranched alkanes of at least 4 members (excludes halogenated alkanes) is 1. The summed E-state index contributed by atoms with van der Waals surface area (Å²) in [5.74, 6) is 0.432. The van der Waals surface area contributed by atoms with Crippen LogP contribution in [0.5, 0.6) is 0 Å². The monoisotopic (exact) mass is 594 g/mol. The van der Waals surface area contributed by atoms with Crippen LogP contribution in [0.4, 0.5) is 0 Å². The van der Waals surface area contributed by atoms with Crippen LogP contribution in [0.25, 0.3) is 22.5 Å². The standard InChI is InChI=1S/C35H42N6O3/c1-4-6-14-30-29(23-25-15-17-26(18-16-25)27-12-8-9-13-28(27)32-36-38-39-37-32)33(42)40-22-19-24(3)31(41(30)40)35(34(43)44-5-2)20-10-7-11-21-35/h8-9,12-13,15-19,31H,4-7,10-11,14,20-23H2,1-3H3,(H,36,37,38,39). The van der Waals surface area contributed by atoms with Gasteiger partial charge in [-0.25, -0.2) is 4.68 Å². The smallest absolute Gasteiger partial charge is 0.314 e. The van der Waals surface area contributed by atoms with Crippen molar-refractivity contribution >= 4 is 5.97 Å². The number of aromatic amines is 1. The molecule has 1 aliphatic carbocycles. The van der Waals surface area contributed by atoms with Crippen LogP contribution in [0.15, 0.2) is 65.0 Å². The van der Waals surface area contributed by atoms with E-state index in [9.17, 15) is 9.59 Å². The van der Waals surface area contributed by atoms with Gasteiger partial charge in [-0.2, -0.15) is 5.21 Å². The van der Waals surface area contributed by atoms with Crippen molar-refractivity contribution in [3.63, 3.8) is 0 Å². The number of carbonyl (C=O) groups excluding carboxylic acids is 1. The van der Waals surface area contributed by atoms with E-state index >= 15 is 0 Å². The van der Waals surface area contributed by atoms with Crippen molar-refractivity contribution in [2.75, 3.05) is 6.61 Å². The first-order valence-electron chi connectivity index (χ1n) is 16.1. The third-order valence-electron chi connectivity index (χ3n) is 9.52. The topological polar surface area (TPSA) is 108 Å². The first kappa shape index (κ1) is 29.8. The summed E-state index contributed by atoms with van der Waals surface area (Å²) in [7, 11) is 0. The number of hydrogen-bond donors (Lipinski definition) is 1. The molecule has 1 atom stereocenters. The third-order valence-corrected chi connectivity index (χ3v) is 9.52. The average molecular weight is 595 g/mol. The van der Waals surface area contributed by atoms with Gasteiger partial charge in [0.05, 0.1) is 24.6 Å². The van der Waals surface area contributed by atoms with Gasteiger partial charge in [-0.3, -0.25) is 14.3 Å². The van der Waals surface area contributed by atoms with Gasteiger partial charge in [0.2, 0.25) is 5.82 Å². The number of carbonyl (C=O) groups is 1. The van der Waals surface area contributed by atoms with Gasteiger partial charge in [0.15, 0.2) is 0 Å². The summed E-state index contributed by atoms with van der Waals surface area (Å²) in [4.78, 5) is 27.9. The van der Waals surface area contributed by atoms with E-state index in [1.807, 2.05) is 29.8 Å². The molecule has 0 spiro atoms. The summed E-state index contributed by atoms with van der Waals surface area (Å²) in [6.45, 7) is 7.06. The molecule has 1 unspecified atom stereocenters. The van der Waals surface area contributed by atoms with Gasteiger partial charge in [0.25, 0.3) is 5.56 Å². The molecule has 0 saturated heterocycles. The van der Waals surface area contributed by atoms with Gasteiger partial charge >= 0.3 is 5.97 Å². The SMILES string of the molecule is CCCCc1c(Cc2ccc(-c3ccccc3-c3nn[nH]n3)cc2)c(=O)n2n1C(C1(C(=O)OCC)CCCCC1)C(C)=CC2. The van der Waals surface area contributed by atoms with Crippen LogP contribution in [-0.2, 0) is 28.9 Å². The van der Waals surface area contributed by atoms with E-state index in [-0.39, 0.29) is 17.6 Å². The highest BCUT2D eigenvalue weighted by atomic mass is 16.5. The maximum absolute atomic E-state index is 14.2. The summed E-state index contributed by atoms with van der Waals surface area (Å²) in [6, 6.07) is 16.2. The molecule has 2 aliphatic rings. The molecule has 9 heteroatoms. The maximum atomic E-state index is 14.2. The van der Waals surface area contributed by atoms with Crippen molar-refractivity contribution in [1.29, 1.82) is 0 Å². The van der Waals surface area contributed by atoms with E-state index in [1.54, 1.807) is 0 Å². The second-order valence-electron chi connectivity index (χ2n) is 12.2. The molecule has 1 aliphatic heterocycles. The van der Waals surface area contributed by atoms with E-state index in [0.717, 1.165) is 90.5 Å². The number of rotatable bonds is 10. The van der Waals surface area contributed by atoms with Crippen LogP contribution in [0, 0.1) is 5.41 Å². The van der Waals surface area contributed by atoms with Gasteiger partial charge in [0.1, 0.15) is 0 Å². The van der Waals surface area contributed by atoms with E-state index in [2.05, 4.69) is 75.6 Å². The fourth-order valence-corrected chi connectivity index (χ4v) is 7.38. The largest absolute Gasteiger partial charge is 0.465 e. The lowest BCUT2D eigenvalue weighted by atomic mass is 9.66. The van der Waals surface area contributed by atoms with Crippen molar-refractivity contribution < 1.29 is 9.53 Å². The summed E-state index contributed by atoms with van der Waals surface area (Å²) in [6.07, 6.45) is 10.2. The molecule has 0 amide bonds. The Morgan fingerprint density at radius 2 is 1.80 bits per heavy atom. The minimum atomic E-state index is -0.658. The number of benzene rings is 2. The zero-order valence-corrected chi connectivity index (χ0v) is 26.0. The Kier molecular flexibility index (Phi) is 8.64. The Morgan fingerprint density at radius 3 is 2.48 bits per heavy atom. The maximum Gasteiger partial charge on any atom is 0.314 e. The fourth-order valence-electron chi connectivity index (χ4n) is 7.38. The lowest BCUT2D eigenvalue weighted by Crippen LogP contribution is -2.47. The van der Waals surface area contributed by atoms with E-state index in [0.29, 0.717) is 25.4 Å². The number of ether oxygens (including phenoxy) is 1. The molecule has 6 rings (SSSR count). The number of H-pyrrole nitrogens is 1. The van der Waals surface area contributed by atoms with Crippen molar-refractivity contribution in [3.8, 4) is 22.5 Å². The summed E-state index contributed by atoms with van der Waals surface area (Å²) < 4.78 is 9.87. The molecule has 0 bridgehead atoms. The average Bonchev–Trinajstić information content (AvgIpc) is 3.68. The van der Waals surface area contributed by atoms with Crippen LogP contribution in [0.2, 0.25) is 0 Å². The normalized spacial score (nSPS) is 17.6. The molecule has 2 aromatic carbocycles. The number of tetrazole rings is 1. The Labute approximate surface area is 258 Å². The number of hydrogen-bond acceptors (Lipinski definition) is 6. The van der Waals surface area contributed by atoms with Crippen molar-refractivity contribution in [3.05, 3.63) is 87.4 Å². The molecule has 1 saturated carbocycles. The predicted octanol–water partition coefficient (Wildman–Crippen LogP) is 6.44. The Hall–Kier alpha value is -4.27. The van der Waals surface area contributed by atoms with Gasteiger partial charge in [-0.15, -0.1) is 10.2 Å². The first-order valence-corrected chi connectivity index (χ1v) is 16.1. The Balaban J connectivity index is 1.39. The molecular weight excluding hydrogens is 552 g/mol. The van der Waals surface area contributed by atoms with Gasteiger partial charge in [-0.05, 0) is 67.0 Å². The van der Waals surface area contributed by atoms with E-state index in [4.69, 9.17) is 4.74 Å². The lowest BCUT2D eigenvalue weighted by Gasteiger charge is -2.45. The Bertz CT molecular complexity index is 1690. The zero-order chi connectivity index (χ0) is 30.7. The second-order valence-corrected chi connectivity index (χ2v) is 12.2. The quantitative estimate of drug-likeness (QED) is 0.167. The van der Waals surface area contributed by atoms with Gasteiger partial charge in [-0.1, -0.05) is 87.2 Å². The fraction of sp³-hybridized carbons (Fsp3) is 0.457. The van der Waals surface area contributed by atoms with Gasteiger partial charge < -0.3 is 4.74 Å². The second kappa shape index (κ2) is 12.8. The highest BCUT2D eigenvalue weighted by Gasteiger charge is 2.51. The van der Waals surface area contributed by atoms with Crippen molar-refractivity contribution in [2.45, 2.75) is 91.1 Å². The van der Waals surface area contributed by atoms with Crippen molar-refractivity contribution in [1.82, 2.24) is 30.0 Å². The van der Waals surface area contributed by atoms with Crippen molar-refractivity contribution in [2.24, 2.45) is 5.41 Å². The zero-order valence-electron chi connectivity index (χ0n) is 26.0. The molecule has 4 aromatic rings.